The maximum Gasteiger partial charge on any atom is 0.164 e. The lowest BCUT2D eigenvalue weighted by molar-refractivity contribution is 1.07. The van der Waals surface area contributed by atoms with E-state index in [1.807, 2.05) is 66.7 Å². The van der Waals surface area contributed by atoms with Crippen LogP contribution in [-0.2, 0) is 0 Å². The minimum absolute atomic E-state index is 0.612. The van der Waals surface area contributed by atoms with E-state index >= 15 is 0 Å². The van der Waals surface area contributed by atoms with Crippen LogP contribution in [0.15, 0.2) is 170 Å². The lowest BCUT2D eigenvalue weighted by Gasteiger charge is -2.16. The zero-order chi connectivity index (χ0) is 34.1. The first-order valence-corrected chi connectivity index (χ1v) is 17.0. The van der Waals surface area contributed by atoms with Gasteiger partial charge in [0.05, 0.1) is 0 Å². The fourth-order valence-electron chi connectivity index (χ4n) is 6.77. The first-order valence-electron chi connectivity index (χ1n) is 17.0. The SMILES string of the molecule is Cc1ccc2c(-c3cc(-c4ccc(-c5ncccn5)cc4)cc(-c4nc(-c5ccccc5)nc(-c5ccccc5)n4)c3)c3ccccc3cc2c1. The molecular formula is C46H31N5. The Kier molecular flexibility index (Phi) is 7.63. The molecule has 51 heavy (non-hydrogen) atoms. The predicted octanol–water partition coefficient (Wildman–Crippen LogP) is 11.3. The van der Waals surface area contributed by atoms with Crippen molar-refractivity contribution in [3.63, 3.8) is 0 Å². The van der Waals surface area contributed by atoms with Crippen LogP contribution in [-0.4, -0.2) is 24.9 Å². The quantitative estimate of drug-likeness (QED) is 0.167. The molecule has 5 heteroatoms. The van der Waals surface area contributed by atoms with Crippen LogP contribution in [0.5, 0.6) is 0 Å². The molecule has 9 rings (SSSR count). The Labute approximate surface area is 296 Å². The summed E-state index contributed by atoms with van der Waals surface area (Å²) in [4.78, 5) is 24.1. The molecule has 0 unspecified atom stereocenters. The molecule has 0 N–H and O–H groups in total. The van der Waals surface area contributed by atoms with Crippen molar-refractivity contribution in [2.45, 2.75) is 6.92 Å². The fraction of sp³-hybridized carbons (Fsp3) is 0.0217. The summed E-state index contributed by atoms with van der Waals surface area (Å²) in [6.07, 6.45) is 3.54. The van der Waals surface area contributed by atoms with Crippen LogP contribution in [0.3, 0.4) is 0 Å². The van der Waals surface area contributed by atoms with Crippen molar-refractivity contribution >= 4 is 21.5 Å². The summed E-state index contributed by atoms with van der Waals surface area (Å²) in [5.74, 6) is 2.57. The van der Waals surface area contributed by atoms with Gasteiger partial charge in [-0.2, -0.15) is 0 Å². The van der Waals surface area contributed by atoms with E-state index in [2.05, 4.69) is 108 Å². The maximum absolute atomic E-state index is 5.12. The Bertz CT molecular complexity index is 2620. The van der Waals surface area contributed by atoms with E-state index < -0.39 is 0 Å². The highest BCUT2D eigenvalue weighted by atomic mass is 15.0. The molecule has 0 saturated carbocycles. The van der Waals surface area contributed by atoms with Gasteiger partial charge in [-0.1, -0.05) is 133 Å². The molecule has 0 atom stereocenters. The number of hydrogen-bond donors (Lipinski definition) is 0. The third-order valence-electron chi connectivity index (χ3n) is 9.24. The van der Waals surface area contributed by atoms with Gasteiger partial charge in [-0.25, -0.2) is 24.9 Å². The van der Waals surface area contributed by atoms with Crippen molar-refractivity contribution in [1.29, 1.82) is 0 Å². The van der Waals surface area contributed by atoms with Crippen LogP contribution in [0.4, 0.5) is 0 Å². The Morgan fingerprint density at radius 2 is 0.863 bits per heavy atom. The van der Waals surface area contributed by atoms with Gasteiger partial charge < -0.3 is 0 Å². The maximum atomic E-state index is 5.12. The van der Waals surface area contributed by atoms with Crippen molar-refractivity contribution in [2.75, 3.05) is 0 Å². The van der Waals surface area contributed by atoms with Crippen LogP contribution < -0.4 is 0 Å². The lowest BCUT2D eigenvalue weighted by Crippen LogP contribution is -2.00. The molecule has 0 radical (unpaired) electrons. The van der Waals surface area contributed by atoms with Gasteiger partial charge in [0.25, 0.3) is 0 Å². The van der Waals surface area contributed by atoms with E-state index in [-0.39, 0.29) is 0 Å². The van der Waals surface area contributed by atoms with Gasteiger partial charge in [0.2, 0.25) is 0 Å². The van der Waals surface area contributed by atoms with Crippen LogP contribution in [0.25, 0.3) is 89.4 Å². The third-order valence-corrected chi connectivity index (χ3v) is 9.24. The number of rotatable bonds is 6. The van der Waals surface area contributed by atoms with Gasteiger partial charge in [0.1, 0.15) is 0 Å². The molecular weight excluding hydrogens is 623 g/mol. The molecule has 0 aliphatic heterocycles. The summed E-state index contributed by atoms with van der Waals surface area (Å²) in [5.41, 5.74) is 9.36. The molecule has 5 nitrogen and oxygen atoms in total. The van der Waals surface area contributed by atoms with E-state index in [9.17, 15) is 0 Å². The van der Waals surface area contributed by atoms with Crippen molar-refractivity contribution in [1.82, 2.24) is 24.9 Å². The Morgan fingerprint density at radius 1 is 0.333 bits per heavy atom. The number of nitrogens with zero attached hydrogens (tertiary/aromatic N) is 5. The summed E-state index contributed by atoms with van der Waals surface area (Å²) in [7, 11) is 0. The highest BCUT2D eigenvalue weighted by Crippen LogP contribution is 2.40. The molecule has 9 aromatic rings. The second kappa shape index (κ2) is 12.9. The van der Waals surface area contributed by atoms with Crippen molar-refractivity contribution in [3.8, 4) is 67.8 Å². The van der Waals surface area contributed by atoms with E-state index in [1.165, 1.54) is 32.7 Å². The van der Waals surface area contributed by atoms with Gasteiger partial charge in [-0.15, -0.1) is 0 Å². The summed E-state index contributed by atoms with van der Waals surface area (Å²) >= 11 is 0. The molecule has 0 spiro atoms. The number of benzene rings is 7. The van der Waals surface area contributed by atoms with Crippen molar-refractivity contribution < 1.29 is 0 Å². The molecule has 7 aromatic carbocycles. The molecule has 0 aliphatic carbocycles. The first-order chi connectivity index (χ1) is 25.2. The van der Waals surface area contributed by atoms with Gasteiger partial charge >= 0.3 is 0 Å². The fourth-order valence-corrected chi connectivity index (χ4v) is 6.77. The predicted molar refractivity (Wildman–Crippen MR) is 208 cm³/mol. The van der Waals surface area contributed by atoms with Gasteiger partial charge in [-0.05, 0) is 81.1 Å². The lowest BCUT2D eigenvalue weighted by atomic mass is 9.88. The van der Waals surface area contributed by atoms with E-state index in [0.717, 1.165) is 38.9 Å². The minimum Gasteiger partial charge on any atom is -0.237 e. The topological polar surface area (TPSA) is 64.5 Å². The molecule has 0 fully saturated rings. The highest BCUT2D eigenvalue weighted by Gasteiger charge is 2.17. The van der Waals surface area contributed by atoms with Gasteiger partial charge in [-0.3, -0.25) is 0 Å². The second-order valence-electron chi connectivity index (χ2n) is 12.7. The van der Waals surface area contributed by atoms with Crippen molar-refractivity contribution in [3.05, 3.63) is 176 Å². The van der Waals surface area contributed by atoms with Crippen LogP contribution in [0.2, 0.25) is 0 Å². The summed E-state index contributed by atoms with van der Waals surface area (Å²) < 4.78 is 0. The Hall–Kier alpha value is -6.85. The number of aryl methyl sites for hydroxylation is 1. The highest BCUT2D eigenvalue weighted by molar-refractivity contribution is 6.13. The van der Waals surface area contributed by atoms with Crippen LogP contribution in [0.1, 0.15) is 5.56 Å². The minimum atomic E-state index is 0.612. The second-order valence-corrected chi connectivity index (χ2v) is 12.7. The zero-order valence-electron chi connectivity index (χ0n) is 27.9. The molecule has 0 saturated heterocycles. The summed E-state index contributed by atoms with van der Waals surface area (Å²) in [5, 5.41) is 4.80. The largest absolute Gasteiger partial charge is 0.237 e. The van der Waals surface area contributed by atoms with E-state index in [4.69, 9.17) is 15.0 Å². The van der Waals surface area contributed by atoms with Crippen LogP contribution in [0, 0.1) is 6.92 Å². The summed E-state index contributed by atoms with van der Waals surface area (Å²) in [6.45, 7) is 2.15. The average Bonchev–Trinajstić information content (AvgIpc) is 3.20. The normalized spacial score (nSPS) is 11.2. The first kappa shape index (κ1) is 30.2. The Morgan fingerprint density at radius 3 is 1.55 bits per heavy atom. The molecule has 2 aromatic heterocycles. The van der Waals surface area contributed by atoms with Crippen molar-refractivity contribution in [2.24, 2.45) is 0 Å². The standard InChI is InChI=1S/C46H31N5/c1-30-17-22-41-37(25-30)26-35-15-8-9-16-40(35)42(41)38-27-36(31-18-20-34(21-19-31)43-47-23-10-24-48-43)28-39(29-38)46-50-44(32-11-4-2-5-12-32)49-45(51-46)33-13-6-3-7-14-33/h2-29H,1H3. The number of aromatic nitrogens is 5. The van der Waals surface area contributed by atoms with Gasteiger partial charge in [0, 0.05) is 34.6 Å². The van der Waals surface area contributed by atoms with E-state index in [1.54, 1.807) is 12.4 Å². The number of hydrogen-bond acceptors (Lipinski definition) is 5. The molecule has 0 bridgehead atoms. The van der Waals surface area contributed by atoms with Gasteiger partial charge in [0.15, 0.2) is 23.3 Å². The average molecular weight is 654 g/mol. The monoisotopic (exact) mass is 653 g/mol. The molecule has 0 aliphatic rings. The smallest absolute Gasteiger partial charge is 0.164 e. The third kappa shape index (κ3) is 5.91. The molecule has 0 amide bonds. The Balaban J connectivity index is 1.31. The molecule has 240 valence electrons. The van der Waals surface area contributed by atoms with Crippen LogP contribution >= 0.6 is 0 Å². The van der Waals surface area contributed by atoms with E-state index in [0.29, 0.717) is 23.3 Å². The molecule has 2 heterocycles. The summed E-state index contributed by atoms with van der Waals surface area (Å²) in [6, 6.07) is 54.8. The number of fused-ring (bicyclic) bond motifs is 2. The zero-order valence-corrected chi connectivity index (χ0v) is 27.9.